The third kappa shape index (κ3) is 8.31. The molecule has 0 saturated carbocycles. The fraction of sp³-hybridized carbons (Fsp3) is 0.424. The Morgan fingerprint density at radius 2 is 1.86 bits per heavy atom. The summed E-state index contributed by atoms with van der Waals surface area (Å²) in [5.74, 6) is 1.48. The van der Waals surface area contributed by atoms with Gasteiger partial charge in [-0.3, -0.25) is 19.5 Å². The van der Waals surface area contributed by atoms with Gasteiger partial charge in [0.1, 0.15) is 5.75 Å². The van der Waals surface area contributed by atoms with E-state index in [2.05, 4.69) is 15.2 Å². The van der Waals surface area contributed by atoms with Crippen LogP contribution in [-0.2, 0) is 38.6 Å². The summed E-state index contributed by atoms with van der Waals surface area (Å²) in [6.45, 7) is 4.82. The van der Waals surface area contributed by atoms with Crippen LogP contribution in [0.4, 0.5) is 0 Å². The lowest BCUT2D eigenvalue weighted by molar-refractivity contribution is -0.137. The number of hydrogen-bond donors (Lipinski definition) is 1. The number of likely N-dealkylation sites (tertiary alicyclic amines) is 1. The topological polar surface area (TPSA) is 102 Å². The van der Waals surface area contributed by atoms with Crippen molar-refractivity contribution in [1.29, 1.82) is 0 Å². The van der Waals surface area contributed by atoms with Crippen molar-refractivity contribution < 1.29 is 28.5 Å². The van der Waals surface area contributed by atoms with Gasteiger partial charge in [-0.2, -0.15) is 0 Å². The van der Waals surface area contributed by atoms with E-state index in [1.54, 1.807) is 19.1 Å². The Morgan fingerprint density at radius 1 is 1.00 bits per heavy atom. The highest BCUT2D eigenvalue weighted by atomic mass is 16.5. The largest absolute Gasteiger partial charge is 0.493 e. The van der Waals surface area contributed by atoms with Crippen molar-refractivity contribution in [2.24, 2.45) is 0 Å². The van der Waals surface area contributed by atoms with Crippen LogP contribution in [-0.4, -0.2) is 85.7 Å². The minimum Gasteiger partial charge on any atom is -0.493 e. The second-order valence-electron chi connectivity index (χ2n) is 11.0. The van der Waals surface area contributed by atoms with Crippen molar-refractivity contribution in [2.75, 3.05) is 47.0 Å². The number of rotatable bonds is 6. The van der Waals surface area contributed by atoms with Crippen LogP contribution in [0.1, 0.15) is 28.9 Å². The molecule has 2 aromatic carbocycles. The van der Waals surface area contributed by atoms with Gasteiger partial charge in [0.2, 0.25) is 11.8 Å². The van der Waals surface area contributed by atoms with Gasteiger partial charge in [-0.25, -0.2) is 0 Å². The first-order valence-corrected chi connectivity index (χ1v) is 14.7. The van der Waals surface area contributed by atoms with Gasteiger partial charge in [-0.15, -0.1) is 0 Å². The summed E-state index contributed by atoms with van der Waals surface area (Å²) in [6, 6.07) is 19.2. The maximum absolute atomic E-state index is 13.3. The van der Waals surface area contributed by atoms with Crippen LogP contribution in [0.5, 0.6) is 17.2 Å². The van der Waals surface area contributed by atoms with Crippen molar-refractivity contribution in [3.8, 4) is 17.2 Å². The molecule has 43 heavy (non-hydrogen) atoms. The van der Waals surface area contributed by atoms with Crippen molar-refractivity contribution in [3.05, 3.63) is 83.2 Å². The number of benzene rings is 2. The molecule has 3 aromatic rings. The molecule has 5 rings (SSSR count). The monoisotopic (exact) mass is 588 g/mol. The molecule has 228 valence electrons. The van der Waals surface area contributed by atoms with Crippen LogP contribution in [0.2, 0.25) is 0 Å². The zero-order valence-electron chi connectivity index (χ0n) is 25.1. The van der Waals surface area contributed by atoms with Gasteiger partial charge in [-0.05, 0) is 60.9 Å². The van der Waals surface area contributed by atoms with E-state index in [-0.39, 0.29) is 36.9 Å². The standard InChI is InChI=1S/C33H40N4O6/c1-23-6-4-8-26(34-23)18-36-19-28-31(20-36)42-22-25-7-5-9-27(16-25)43-30-17-24(10-12-29(30)41-3)11-13-33(39)37(14-15-40-2)21-32(38)35-28/h4-10,12,16-17,28,31H,11,13-15,18-22H2,1-3H3,(H,35,38)/t28-,31-/m0/s1. The van der Waals surface area contributed by atoms with Crippen LogP contribution >= 0.6 is 0 Å². The Labute approximate surface area is 252 Å². The molecule has 2 atom stereocenters. The van der Waals surface area contributed by atoms with E-state index in [1.165, 1.54) is 0 Å². The van der Waals surface area contributed by atoms with Gasteiger partial charge < -0.3 is 29.2 Å². The zero-order chi connectivity index (χ0) is 30.2. The van der Waals surface area contributed by atoms with Crippen LogP contribution in [0.3, 0.4) is 0 Å². The molecule has 4 bridgehead atoms. The zero-order valence-corrected chi connectivity index (χ0v) is 25.1. The number of carbonyl (C=O) groups excluding carboxylic acids is 2. The summed E-state index contributed by atoms with van der Waals surface area (Å²) in [5.41, 5.74) is 3.81. The minimum absolute atomic E-state index is 0.0517. The molecule has 0 radical (unpaired) electrons. The van der Waals surface area contributed by atoms with E-state index in [1.807, 2.05) is 67.6 Å². The van der Waals surface area contributed by atoms with Gasteiger partial charge in [0.05, 0.1) is 44.7 Å². The number of carbonyl (C=O) groups is 2. The molecule has 2 aliphatic heterocycles. The number of hydrogen-bond acceptors (Lipinski definition) is 8. The van der Waals surface area contributed by atoms with Gasteiger partial charge in [0.25, 0.3) is 0 Å². The summed E-state index contributed by atoms with van der Waals surface area (Å²) in [6.07, 6.45) is 0.479. The fourth-order valence-corrected chi connectivity index (χ4v) is 5.52. The average Bonchev–Trinajstić information content (AvgIpc) is 3.37. The number of ether oxygens (including phenoxy) is 4. The van der Waals surface area contributed by atoms with Crippen molar-refractivity contribution in [2.45, 2.75) is 45.1 Å². The SMILES string of the molecule is COCCN1CC(=O)N[C@H]2CN(Cc3cccc(C)n3)C[C@@H]2OCc2cccc(c2)Oc2cc(ccc2OC)CCC1=O. The Kier molecular flexibility index (Phi) is 10.2. The number of aryl methyl sites for hydroxylation is 2. The maximum Gasteiger partial charge on any atom is 0.239 e. The quantitative estimate of drug-likeness (QED) is 0.467. The number of nitrogens with zero attached hydrogens (tertiary/aromatic N) is 3. The molecule has 2 amide bonds. The summed E-state index contributed by atoms with van der Waals surface area (Å²) in [7, 11) is 3.18. The first kappa shape index (κ1) is 30.5. The maximum atomic E-state index is 13.3. The molecule has 0 aliphatic carbocycles. The minimum atomic E-state index is -0.253. The number of pyridine rings is 1. The Morgan fingerprint density at radius 3 is 2.67 bits per heavy atom. The molecular weight excluding hydrogens is 548 g/mol. The lowest BCUT2D eigenvalue weighted by atomic mass is 10.1. The second kappa shape index (κ2) is 14.5. The molecule has 1 aromatic heterocycles. The second-order valence-corrected chi connectivity index (χ2v) is 11.0. The summed E-state index contributed by atoms with van der Waals surface area (Å²) < 4.78 is 23.5. The molecule has 3 heterocycles. The third-order valence-electron chi connectivity index (χ3n) is 7.72. The predicted octanol–water partition coefficient (Wildman–Crippen LogP) is 3.50. The molecule has 1 saturated heterocycles. The fourth-order valence-electron chi connectivity index (χ4n) is 5.52. The van der Waals surface area contributed by atoms with Crippen LogP contribution < -0.4 is 14.8 Å². The predicted molar refractivity (Wildman–Crippen MR) is 161 cm³/mol. The summed E-state index contributed by atoms with van der Waals surface area (Å²) in [5, 5.41) is 3.16. The average molecular weight is 589 g/mol. The smallest absolute Gasteiger partial charge is 0.239 e. The molecule has 0 unspecified atom stereocenters. The van der Waals surface area contributed by atoms with E-state index in [0.717, 1.165) is 22.5 Å². The van der Waals surface area contributed by atoms with E-state index in [0.29, 0.717) is 63.1 Å². The van der Waals surface area contributed by atoms with Crippen LogP contribution in [0.15, 0.2) is 60.7 Å². The molecule has 10 heteroatoms. The van der Waals surface area contributed by atoms with Crippen molar-refractivity contribution in [1.82, 2.24) is 20.1 Å². The molecule has 10 nitrogen and oxygen atoms in total. The highest BCUT2D eigenvalue weighted by Crippen LogP contribution is 2.33. The highest BCUT2D eigenvalue weighted by Gasteiger charge is 2.35. The van der Waals surface area contributed by atoms with Crippen molar-refractivity contribution in [3.63, 3.8) is 0 Å². The lowest BCUT2D eigenvalue weighted by Gasteiger charge is -2.25. The number of nitrogens with one attached hydrogen (secondary N) is 1. The van der Waals surface area contributed by atoms with E-state index >= 15 is 0 Å². The van der Waals surface area contributed by atoms with Gasteiger partial charge in [-0.1, -0.05) is 24.3 Å². The van der Waals surface area contributed by atoms with Gasteiger partial charge in [0, 0.05) is 45.4 Å². The van der Waals surface area contributed by atoms with E-state index in [4.69, 9.17) is 18.9 Å². The molecular formula is C33H40N4O6. The first-order valence-electron chi connectivity index (χ1n) is 14.7. The van der Waals surface area contributed by atoms with Crippen LogP contribution in [0.25, 0.3) is 0 Å². The Balaban J connectivity index is 1.40. The van der Waals surface area contributed by atoms with E-state index in [9.17, 15) is 9.59 Å². The third-order valence-corrected chi connectivity index (χ3v) is 7.72. The van der Waals surface area contributed by atoms with Crippen molar-refractivity contribution >= 4 is 11.8 Å². The molecule has 1 N–H and O–H groups in total. The number of methoxy groups -OCH3 is 2. The molecule has 1 fully saturated rings. The summed E-state index contributed by atoms with van der Waals surface area (Å²) in [4.78, 5) is 35.1. The Hall–Kier alpha value is -3.99. The molecule has 2 aliphatic rings. The van der Waals surface area contributed by atoms with Gasteiger partial charge in [0.15, 0.2) is 11.5 Å². The lowest BCUT2D eigenvalue weighted by Crippen LogP contribution is -2.49. The number of fused-ring (bicyclic) bond motifs is 5. The highest BCUT2D eigenvalue weighted by molar-refractivity contribution is 5.85. The Bertz CT molecular complexity index is 1420. The van der Waals surface area contributed by atoms with Gasteiger partial charge >= 0.3 is 0 Å². The first-order chi connectivity index (χ1) is 20.9. The normalized spacial score (nSPS) is 20.0. The van der Waals surface area contributed by atoms with Crippen LogP contribution in [0, 0.1) is 6.92 Å². The van der Waals surface area contributed by atoms with E-state index < -0.39 is 0 Å². The number of aromatic nitrogens is 1. The summed E-state index contributed by atoms with van der Waals surface area (Å²) >= 11 is 0. The molecule has 0 spiro atoms. The number of amides is 2.